The second-order valence-electron chi connectivity index (χ2n) is 8.14. The molecule has 3 aromatic rings. The van der Waals surface area contributed by atoms with Crippen LogP contribution in [-0.2, 0) is 26.0 Å². The minimum atomic E-state index is -5.08. The molecule has 40 heavy (non-hydrogen) atoms. The van der Waals surface area contributed by atoms with Gasteiger partial charge in [-0.3, -0.25) is 10.2 Å². The van der Waals surface area contributed by atoms with Crippen LogP contribution in [0.5, 0.6) is 0 Å². The maximum absolute atomic E-state index is 12.9. The van der Waals surface area contributed by atoms with Crippen molar-refractivity contribution in [1.82, 2.24) is 9.71 Å². The molecular formula is C25H23F3N6O5S. The highest BCUT2D eigenvalue weighted by Crippen LogP contribution is 2.23. The number of amidine groups is 1. The Morgan fingerprint density at radius 1 is 1.15 bits per heavy atom. The zero-order chi connectivity index (χ0) is 30.1. The van der Waals surface area contributed by atoms with Crippen molar-refractivity contribution in [2.24, 2.45) is 5.73 Å². The number of alkyl halides is 3. The molecule has 0 bridgehead atoms. The third-order valence-electron chi connectivity index (χ3n) is 4.97. The van der Waals surface area contributed by atoms with Gasteiger partial charge >= 0.3 is 12.1 Å². The number of anilines is 1. The Bertz CT molecular complexity index is 1540. The van der Waals surface area contributed by atoms with E-state index in [1.54, 1.807) is 54.6 Å². The smallest absolute Gasteiger partial charge is 0.475 e. The lowest BCUT2D eigenvalue weighted by atomic mass is 10.0. The number of amides is 1. The second-order valence-corrected chi connectivity index (χ2v) is 9.92. The lowest BCUT2D eigenvalue weighted by Crippen LogP contribution is -2.44. The first-order chi connectivity index (χ1) is 18.6. The zero-order valence-corrected chi connectivity index (χ0v) is 21.5. The van der Waals surface area contributed by atoms with Crippen molar-refractivity contribution in [2.75, 3.05) is 11.6 Å². The van der Waals surface area contributed by atoms with Gasteiger partial charge in [0.05, 0.1) is 17.9 Å². The molecule has 0 radical (unpaired) electrons. The predicted molar refractivity (Wildman–Crippen MR) is 140 cm³/mol. The van der Waals surface area contributed by atoms with Crippen LogP contribution in [0.25, 0.3) is 11.1 Å². The predicted octanol–water partition coefficient (Wildman–Crippen LogP) is 2.64. The molecule has 1 aromatic heterocycles. The van der Waals surface area contributed by atoms with Crippen LogP contribution in [0.15, 0.2) is 66.9 Å². The van der Waals surface area contributed by atoms with E-state index in [4.69, 9.17) is 21.0 Å². The third-order valence-corrected chi connectivity index (χ3v) is 5.68. The Balaban J connectivity index is 0.000000708. The Labute approximate surface area is 227 Å². The number of nitrogens with one attached hydrogen (secondary N) is 3. The maximum Gasteiger partial charge on any atom is 0.490 e. The van der Waals surface area contributed by atoms with Crippen molar-refractivity contribution in [3.05, 3.63) is 83.6 Å². The van der Waals surface area contributed by atoms with Gasteiger partial charge in [0, 0.05) is 22.9 Å². The molecule has 0 aliphatic rings. The number of pyridine rings is 1. The molecule has 0 aliphatic carbocycles. The van der Waals surface area contributed by atoms with Crippen LogP contribution < -0.4 is 15.8 Å². The van der Waals surface area contributed by atoms with Gasteiger partial charge in [0.25, 0.3) is 0 Å². The molecule has 0 saturated heterocycles. The molecule has 15 heteroatoms. The summed E-state index contributed by atoms with van der Waals surface area (Å²) < 4.78 is 57.8. The van der Waals surface area contributed by atoms with Crippen molar-refractivity contribution in [3.8, 4) is 17.2 Å². The van der Waals surface area contributed by atoms with Crippen LogP contribution >= 0.6 is 0 Å². The van der Waals surface area contributed by atoms with Crippen molar-refractivity contribution < 1.29 is 36.3 Å². The van der Waals surface area contributed by atoms with E-state index in [1.807, 2.05) is 6.07 Å². The van der Waals surface area contributed by atoms with Crippen LogP contribution in [-0.4, -0.2) is 54.7 Å². The standard InChI is InChI=1S/C23H22N6O3S.C2HF3O2/c1-33(31,32)29-20(12-15-5-4-7-16(11-15)22(25)26)23(30)28-21-10-9-18(14-27-21)19-8-3-2-6-17(19)13-24;3-2(4,5)1(6)7/h2-11,14,20,29H,12H2,1H3,(H3,25,26)(H,27,28,30);(H,6,7)/t20-;/m0./s1. The van der Waals surface area contributed by atoms with E-state index in [0.717, 1.165) is 6.26 Å². The Morgan fingerprint density at radius 2 is 1.80 bits per heavy atom. The number of carbonyl (C=O) groups is 2. The van der Waals surface area contributed by atoms with E-state index in [0.29, 0.717) is 27.8 Å². The van der Waals surface area contributed by atoms with Crippen LogP contribution in [0.3, 0.4) is 0 Å². The highest BCUT2D eigenvalue weighted by atomic mass is 32.2. The number of aliphatic carboxylic acids is 1. The molecule has 210 valence electrons. The molecule has 6 N–H and O–H groups in total. The molecule has 2 aromatic carbocycles. The molecule has 3 rings (SSSR count). The molecule has 0 saturated carbocycles. The van der Waals surface area contributed by atoms with Gasteiger partial charge in [-0.2, -0.15) is 18.4 Å². The topological polar surface area (TPSA) is 199 Å². The first kappa shape index (κ1) is 31.4. The van der Waals surface area contributed by atoms with E-state index >= 15 is 0 Å². The SMILES string of the molecule is CS(=O)(=O)N[C@@H](Cc1cccc(C(=N)N)c1)C(=O)Nc1ccc(-c2ccccc2C#N)cn1.O=C(O)C(F)(F)F. The largest absolute Gasteiger partial charge is 0.490 e. The Morgan fingerprint density at radius 3 is 2.33 bits per heavy atom. The second kappa shape index (κ2) is 13.3. The fourth-order valence-electron chi connectivity index (χ4n) is 3.22. The molecule has 11 nitrogen and oxygen atoms in total. The number of carbonyl (C=O) groups excluding carboxylic acids is 1. The van der Waals surface area contributed by atoms with Crippen LogP contribution in [0.4, 0.5) is 19.0 Å². The maximum atomic E-state index is 12.9. The van der Waals surface area contributed by atoms with Crippen molar-refractivity contribution >= 4 is 33.6 Å². The molecule has 1 amide bonds. The van der Waals surface area contributed by atoms with Crippen molar-refractivity contribution in [3.63, 3.8) is 0 Å². The summed E-state index contributed by atoms with van der Waals surface area (Å²) in [5.74, 6) is -3.24. The van der Waals surface area contributed by atoms with Crippen LogP contribution in [0.1, 0.15) is 16.7 Å². The summed E-state index contributed by atoms with van der Waals surface area (Å²) in [6.07, 6.45) is -2.53. The monoisotopic (exact) mass is 576 g/mol. The number of hydrogen-bond acceptors (Lipinski definition) is 7. The van der Waals surface area contributed by atoms with Crippen LogP contribution in [0, 0.1) is 16.7 Å². The van der Waals surface area contributed by atoms with Gasteiger partial charge in [0.15, 0.2) is 0 Å². The summed E-state index contributed by atoms with van der Waals surface area (Å²) in [6, 6.07) is 18.1. The average Bonchev–Trinajstić information content (AvgIpc) is 2.88. The molecule has 0 unspecified atom stereocenters. The molecule has 1 atom stereocenters. The fraction of sp³-hybridized carbons (Fsp3) is 0.160. The number of nitrogen functional groups attached to an aromatic ring is 1. The first-order valence-electron chi connectivity index (χ1n) is 11.1. The lowest BCUT2D eigenvalue weighted by molar-refractivity contribution is -0.192. The number of hydrogen-bond donors (Lipinski definition) is 5. The van der Waals surface area contributed by atoms with Gasteiger partial charge in [-0.05, 0) is 36.2 Å². The minimum absolute atomic E-state index is 0.0493. The number of aromatic nitrogens is 1. The number of nitrogens with zero attached hydrogens (tertiary/aromatic N) is 2. The molecule has 1 heterocycles. The Hall–Kier alpha value is -4.81. The van der Waals surface area contributed by atoms with E-state index in [2.05, 4.69) is 21.1 Å². The summed E-state index contributed by atoms with van der Waals surface area (Å²) in [7, 11) is -3.69. The summed E-state index contributed by atoms with van der Waals surface area (Å²) in [4.78, 5) is 26.0. The van der Waals surface area contributed by atoms with E-state index in [9.17, 15) is 31.6 Å². The van der Waals surface area contributed by atoms with E-state index < -0.39 is 34.1 Å². The number of sulfonamides is 1. The number of carboxylic acids is 1. The lowest BCUT2D eigenvalue weighted by Gasteiger charge is -2.18. The number of carboxylic acid groups (broad SMARTS) is 1. The van der Waals surface area contributed by atoms with Gasteiger partial charge < -0.3 is 16.2 Å². The number of benzene rings is 2. The van der Waals surface area contributed by atoms with Crippen LogP contribution in [0.2, 0.25) is 0 Å². The van der Waals surface area contributed by atoms with E-state index in [-0.39, 0.29) is 18.1 Å². The van der Waals surface area contributed by atoms with Gasteiger partial charge in [0.2, 0.25) is 15.9 Å². The summed E-state index contributed by atoms with van der Waals surface area (Å²) in [5.41, 5.74) is 8.55. The summed E-state index contributed by atoms with van der Waals surface area (Å²) in [5, 5.41) is 26.6. The van der Waals surface area contributed by atoms with Gasteiger partial charge in [0.1, 0.15) is 17.7 Å². The van der Waals surface area contributed by atoms with Crippen molar-refractivity contribution in [1.29, 1.82) is 10.7 Å². The zero-order valence-electron chi connectivity index (χ0n) is 20.7. The minimum Gasteiger partial charge on any atom is -0.475 e. The molecule has 0 spiro atoms. The summed E-state index contributed by atoms with van der Waals surface area (Å²) >= 11 is 0. The average molecular weight is 577 g/mol. The fourth-order valence-corrected chi connectivity index (χ4v) is 3.93. The third kappa shape index (κ3) is 9.82. The van der Waals surface area contributed by atoms with Gasteiger partial charge in [-0.15, -0.1) is 0 Å². The van der Waals surface area contributed by atoms with Crippen molar-refractivity contribution in [2.45, 2.75) is 18.6 Å². The number of halogens is 3. The number of nitrogens with two attached hydrogens (primary N) is 1. The molecule has 0 fully saturated rings. The van der Waals surface area contributed by atoms with Gasteiger partial charge in [-0.1, -0.05) is 36.4 Å². The first-order valence-corrected chi connectivity index (χ1v) is 13.0. The van der Waals surface area contributed by atoms with Gasteiger partial charge in [-0.25, -0.2) is 22.9 Å². The highest BCUT2D eigenvalue weighted by Gasteiger charge is 2.38. The Kier molecular flexibility index (Phi) is 10.5. The normalized spacial score (nSPS) is 11.8. The quantitative estimate of drug-likeness (QED) is 0.199. The number of nitriles is 1. The molecular weight excluding hydrogens is 553 g/mol. The summed E-state index contributed by atoms with van der Waals surface area (Å²) in [6.45, 7) is 0. The number of rotatable bonds is 8. The molecule has 0 aliphatic heterocycles. The van der Waals surface area contributed by atoms with E-state index in [1.165, 1.54) is 6.20 Å². The highest BCUT2D eigenvalue weighted by molar-refractivity contribution is 7.88.